The highest BCUT2D eigenvalue weighted by molar-refractivity contribution is 5.97. The van der Waals surface area contributed by atoms with E-state index in [1.165, 1.54) is 0 Å². The molecule has 0 fully saturated rings. The number of carbonyl (C=O) groups excluding carboxylic acids is 1. The molecule has 3 aromatic rings. The highest BCUT2D eigenvalue weighted by atomic mass is 16.2. The molecular weight excluding hydrogens is 276 g/mol. The van der Waals surface area contributed by atoms with E-state index in [-0.39, 0.29) is 11.9 Å². The van der Waals surface area contributed by atoms with Crippen molar-refractivity contribution in [3.05, 3.63) is 60.2 Å². The standard InChI is InChI=1S/C17H18N4O/c1-12(9-14-5-3-4-8-18-14)21(2)17(22)13-6-7-15-16(10-13)20-11-19-15/h3-8,10-12H,9H2,1-2H3,(H,19,20). The van der Waals surface area contributed by atoms with E-state index in [0.29, 0.717) is 5.56 Å². The van der Waals surface area contributed by atoms with E-state index >= 15 is 0 Å². The van der Waals surface area contributed by atoms with Crippen molar-refractivity contribution in [2.45, 2.75) is 19.4 Å². The summed E-state index contributed by atoms with van der Waals surface area (Å²) in [6.07, 6.45) is 4.14. The van der Waals surface area contributed by atoms with E-state index in [1.54, 1.807) is 17.4 Å². The second-order valence-corrected chi connectivity index (χ2v) is 5.42. The first kappa shape index (κ1) is 14.3. The zero-order chi connectivity index (χ0) is 15.5. The Morgan fingerprint density at radius 3 is 2.91 bits per heavy atom. The van der Waals surface area contributed by atoms with Crippen molar-refractivity contribution in [2.75, 3.05) is 7.05 Å². The third kappa shape index (κ3) is 2.83. The lowest BCUT2D eigenvalue weighted by Gasteiger charge is -2.25. The molecule has 2 aromatic heterocycles. The Hall–Kier alpha value is -2.69. The van der Waals surface area contributed by atoms with E-state index < -0.39 is 0 Å². The summed E-state index contributed by atoms with van der Waals surface area (Å²) in [7, 11) is 1.83. The van der Waals surface area contributed by atoms with Crippen molar-refractivity contribution in [3.63, 3.8) is 0 Å². The molecule has 22 heavy (non-hydrogen) atoms. The number of carbonyl (C=O) groups is 1. The van der Waals surface area contributed by atoms with Gasteiger partial charge in [-0.25, -0.2) is 4.98 Å². The summed E-state index contributed by atoms with van der Waals surface area (Å²) >= 11 is 0. The highest BCUT2D eigenvalue weighted by Crippen LogP contribution is 2.15. The number of nitrogens with zero attached hydrogens (tertiary/aromatic N) is 3. The molecule has 1 amide bonds. The summed E-state index contributed by atoms with van der Waals surface area (Å²) in [6.45, 7) is 2.03. The first-order valence-electron chi connectivity index (χ1n) is 7.25. The number of pyridine rings is 1. The zero-order valence-corrected chi connectivity index (χ0v) is 12.7. The second-order valence-electron chi connectivity index (χ2n) is 5.42. The van der Waals surface area contributed by atoms with Gasteiger partial charge in [-0.05, 0) is 37.3 Å². The predicted molar refractivity (Wildman–Crippen MR) is 85.6 cm³/mol. The van der Waals surface area contributed by atoms with Crippen molar-refractivity contribution in [1.82, 2.24) is 19.9 Å². The minimum Gasteiger partial charge on any atom is -0.345 e. The SMILES string of the molecule is CC(Cc1ccccn1)N(C)C(=O)c1ccc2nc[nH]c2c1. The molecule has 0 saturated heterocycles. The molecule has 0 aliphatic rings. The van der Waals surface area contributed by atoms with Gasteiger partial charge in [0.15, 0.2) is 0 Å². The Morgan fingerprint density at radius 2 is 2.14 bits per heavy atom. The lowest BCUT2D eigenvalue weighted by molar-refractivity contribution is 0.0743. The van der Waals surface area contributed by atoms with Gasteiger partial charge in [-0.2, -0.15) is 0 Å². The molecular formula is C17H18N4O. The smallest absolute Gasteiger partial charge is 0.253 e. The molecule has 1 aromatic carbocycles. The minimum absolute atomic E-state index is 0.0000638. The van der Waals surface area contributed by atoms with Crippen LogP contribution in [0.2, 0.25) is 0 Å². The maximum absolute atomic E-state index is 12.6. The van der Waals surface area contributed by atoms with E-state index in [1.807, 2.05) is 50.4 Å². The lowest BCUT2D eigenvalue weighted by Crippen LogP contribution is -2.36. The van der Waals surface area contributed by atoms with Gasteiger partial charge < -0.3 is 9.88 Å². The molecule has 2 heterocycles. The quantitative estimate of drug-likeness (QED) is 0.804. The van der Waals surface area contributed by atoms with Gasteiger partial charge >= 0.3 is 0 Å². The van der Waals surface area contributed by atoms with Crippen LogP contribution in [-0.4, -0.2) is 38.8 Å². The number of rotatable bonds is 4. The van der Waals surface area contributed by atoms with Crippen LogP contribution in [0.25, 0.3) is 11.0 Å². The van der Waals surface area contributed by atoms with Crippen LogP contribution in [0.4, 0.5) is 0 Å². The van der Waals surface area contributed by atoms with E-state index in [9.17, 15) is 4.79 Å². The van der Waals surface area contributed by atoms with E-state index in [4.69, 9.17) is 0 Å². The molecule has 0 saturated carbocycles. The van der Waals surface area contributed by atoms with Crippen molar-refractivity contribution >= 4 is 16.9 Å². The average molecular weight is 294 g/mol. The van der Waals surface area contributed by atoms with Crippen LogP contribution in [0.15, 0.2) is 48.9 Å². The third-order valence-corrected chi connectivity index (χ3v) is 3.88. The summed E-state index contributed by atoms with van der Waals surface area (Å²) in [5.74, 6) is -0.0000638. The topological polar surface area (TPSA) is 61.9 Å². The molecule has 1 unspecified atom stereocenters. The number of imidazole rings is 1. The fourth-order valence-corrected chi connectivity index (χ4v) is 2.43. The molecule has 3 rings (SSSR count). The molecule has 1 N–H and O–H groups in total. The van der Waals surface area contributed by atoms with E-state index in [2.05, 4.69) is 15.0 Å². The first-order valence-corrected chi connectivity index (χ1v) is 7.25. The summed E-state index contributed by atoms with van der Waals surface area (Å²) < 4.78 is 0. The number of H-pyrrole nitrogens is 1. The summed E-state index contributed by atoms with van der Waals surface area (Å²) in [5, 5.41) is 0. The summed E-state index contributed by atoms with van der Waals surface area (Å²) in [4.78, 5) is 25.9. The zero-order valence-electron chi connectivity index (χ0n) is 12.7. The maximum Gasteiger partial charge on any atom is 0.253 e. The van der Waals surface area contributed by atoms with Crippen LogP contribution in [0.1, 0.15) is 23.0 Å². The number of aromatic amines is 1. The van der Waals surface area contributed by atoms with Gasteiger partial charge in [-0.15, -0.1) is 0 Å². The van der Waals surface area contributed by atoms with Crippen LogP contribution >= 0.6 is 0 Å². The predicted octanol–water partition coefficient (Wildman–Crippen LogP) is 2.66. The molecule has 0 aliphatic carbocycles. The van der Waals surface area contributed by atoms with Gasteiger partial charge in [0.25, 0.3) is 5.91 Å². The van der Waals surface area contributed by atoms with Crippen molar-refractivity contribution < 1.29 is 4.79 Å². The van der Waals surface area contributed by atoms with Crippen LogP contribution in [-0.2, 0) is 6.42 Å². The molecule has 0 aliphatic heterocycles. The maximum atomic E-state index is 12.6. The third-order valence-electron chi connectivity index (χ3n) is 3.88. The molecule has 5 nitrogen and oxygen atoms in total. The fourth-order valence-electron chi connectivity index (χ4n) is 2.43. The van der Waals surface area contributed by atoms with Crippen molar-refractivity contribution in [3.8, 4) is 0 Å². The number of nitrogens with one attached hydrogen (secondary N) is 1. The molecule has 0 spiro atoms. The van der Waals surface area contributed by atoms with Gasteiger partial charge in [0.05, 0.1) is 17.4 Å². The van der Waals surface area contributed by atoms with Crippen LogP contribution < -0.4 is 0 Å². The molecule has 0 bridgehead atoms. The fraction of sp³-hybridized carbons (Fsp3) is 0.235. The van der Waals surface area contributed by atoms with Gasteiger partial charge in [0.2, 0.25) is 0 Å². The number of amides is 1. The van der Waals surface area contributed by atoms with Gasteiger partial charge in [0, 0.05) is 37.0 Å². The Morgan fingerprint density at radius 1 is 1.27 bits per heavy atom. The number of hydrogen-bond donors (Lipinski definition) is 1. The minimum atomic E-state index is -0.0000638. The summed E-state index contributed by atoms with van der Waals surface area (Å²) in [6, 6.07) is 11.4. The monoisotopic (exact) mass is 294 g/mol. The number of aromatic nitrogens is 3. The first-order chi connectivity index (χ1) is 10.6. The molecule has 1 atom stereocenters. The van der Waals surface area contributed by atoms with Gasteiger partial charge in [0.1, 0.15) is 0 Å². The van der Waals surface area contributed by atoms with Crippen LogP contribution in [0.3, 0.4) is 0 Å². The van der Waals surface area contributed by atoms with Gasteiger partial charge in [-0.3, -0.25) is 9.78 Å². The molecule has 112 valence electrons. The highest BCUT2D eigenvalue weighted by Gasteiger charge is 2.18. The normalized spacial score (nSPS) is 12.3. The Labute approximate surface area is 129 Å². The van der Waals surface area contributed by atoms with Crippen molar-refractivity contribution in [1.29, 1.82) is 0 Å². The molecule has 5 heteroatoms. The Bertz CT molecular complexity index is 781. The van der Waals surface area contributed by atoms with Gasteiger partial charge in [-0.1, -0.05) is 6.07 Å². The Kier molecular flexibility index (Phi) is 3.87. The lowest BCUT2D eigenvalue weighted by atomic mass is 10.1. The number of likely N-dealkylation sites (N-methyl/N-ethyl adjacent to an activating group) is 1. The van der Waals surface area contributed by atoms with E-state index in [0.717, 1.165) is 23.1 Å². The molecule has 0 radical (unpaired) electrons. The Balaban J connectivity index is 1.75. The number of benzene rings is 1. The van der Waals surface area contributed by atoms with Crippen LogP contribution in [0.5, 0.6) is 0 Å². The number of hydrogen-bond acceptors (Lipinski definition) is 3. The van der Waals surface area contributed by atoms with Crippen molar-refractivity contribution in [2.24, 2.45) is 0 Å². The number of fused-ring (bicyclic) bond motifs is 1. The summed E-state index contributed by atoms with van der Waals surface area (Å²) in [5.41, 5.74) is 3.38. The largest absolute Gasteiger partial charge is 0.345 e. The second kappa shape index (κ2) is 5.97. The average Bonchev–Trinajstić information content (AvgIpc) is 3.02. The van der Waals surface area contributed by atoms with Crippen LogP contribution in [0, 0.1) is 0 Å².